The fourth-order valence-corrected chi connectivity index (χ4v) is 2.23. The zero-order chi connectivity index (χ0) is 10.1. The zero-order valence-corrected chi connectivity index (χ0v) is 9.38. The molecule has 4 heteroatoms. The Morgan fingerprint density at radius 3 is 2.86 bits per heavy atom. The molecule has 0 fully saturated rings. The van der Waals surface area contributed by atoms with Gasteiger partial charge >= 0.3 is 0 Å². The SMILES string of the molecule is CC(C)Sc1ccc2nnn(C)c2c1. The molecule has 0 atom stereocenters. The van der Waals surface area contributed by atoms with Crippen molar-refractivity contribution in [2.75, 3.05) is 0 Å². The van der Waals surface area contributed by atoms with Crippen LogP contribution in [-0.2, 0) is 7.05 Å². The number of aromatic nitrogens is 3. The molecule has 0 aliphatic heterocycles. The molecule has 0 aliphatic rings. The molecule has 0 aliphatic carbocycles. The first-order valence-corrected chi connectivity index (χ1v) is 5.51. The third-order valence-corrected chi connectivity index (χ3v) is 2.95. The third-order valence-electron chi connectivity index (χ3n) is 1.95. The van der Waals surface area contributed by atoms with Gasteiger partial charge in [0.15, 0.2) is 0 Å². The van der Waals surface area contributed by atoms with Gasteiger partial charge in [-0.3, -0.25) is 0 Å². The van der Waals surface area contributed by atoms with Crippen LogP contribution in [0.5, 0.6) is 0 Å². The van der Waals surface area contributed by atoms with Crippen molar-refractivity contribution in [2.45, 2.75) is 24.0 Å². The average Bonchev–Trinajstić information content (AvgIpc) is 2.47. The summed E-state index contributed by atoms with van der Waals surface area (Å²) in [5.41, 5.74) is 2.05. The Kier molecular flexibility index (Phi) is 2.46. The molecule has 0 N–H and O–H groups in total. The predicted molar refractivity (Wildman–Crippen MR) is 59.5 cm³/mol. The Bertz CT molecular complexity index is 448. The molecule has 0 unspecified atom stereocenters. The second-order valence-electron chi connectivity index (χ2n) is 3.53. The normalized spacial score (nSPS) is 11.4. The van der Waals surface area contributed by atoms with Gasteiger partial charge in [-0.25, -0.2) is 4.68 Å². The molecule has 1 aromatic heterocycles. The molecule has 2 rings (SSSR count). The van der Waals surface area contributed by atoms with E-state index in [4.69, 9.17) is 0 Å². The van der Waals surface area contributed by atoms with Crippen molar-refractivity contribution >= 4 is 22.8 Å². The minimum Gasteiger partial charge on any atom is -0.248 e. The van der Waals surface area contributed by atoms with Crippen LogP contribution in [-0.4, -0.2) is 20.2 Å². The highest BCUT2D eigenvalue weighted by Crippen LogP contribution is 2.25. The average molecular weight is 207 g/mol. The summed E-state index contributed by atoms with van der Waals surface area (Å²) < 4.78 is 1.81. The molecule has 1 aromatic carbocycles. The summed E-state index contributed by atoms with van der Waals surface area (Å²) in [6.07, 6.45) is 0. The van der Waals surface area contributed by atoms with E-state index in [2.05, 4.69) is 36.3 Å². The van der Waals surface area contributed by atoms with Crippen molar-refractivity contribution in [2.24, 2.45) is 7.05 Å². The smallest absolute Gasteiger partial charge is 0.113 e. The molecule has 3 nitrogen and oxygen atoms in total. The van der Waals surface area contributed by atoms with Gasteiger partial charge in [-0.1, -0.05) is 19.1 Å². The highest BCUT2D eigenvalue weighted by atomic mass is 32.2. The first-order valence-electron chi connectivity index (χ1n) is 4.63. The fraction of sp³-hybridized carbons (Fsp3) is 0.400. The van der Waals surface area contributed by atoms with Gasteiger partial charge in [0.05, 0.1) is 5.52 Å². The Morgan fingerprint density at radius 2 is 2.14 bits per heavy atom. The highest BCUT2D eigenvalue weighted by Gasteiger charge is 2.03. The molecule has 0 saturated heterocycles. The number of thioether (sulfide) groups is 1. The van der Waals surface area contributed by atoms with E-state index >= 15 is 0 Å². The number of fused-ring (bicyclic) bond motifs is 1. The van der Waals surface area contributed by atoms with Crippen LogP contribution in [0, 0.1) is 0 Å². The molecule has 2 aromatic rings. The lowest BCUT2D eigenvalue weighted by Crippen LogP contribution is -1.90. The van der Waals surface area contributed by atoms with E-state index in [1.165, 1.54) is 4.90 Å². The molecule has 1 heterocycles. The Morgan fingerprint density at radius 1 is 1.36 bits per heavy atom. The third kappa shape index (κ3) is 1.75. The summed E-state index contributed by atoms with van der Waals surface area (Å²) in [6.45, 7) is 4.38. The number of hydrogen-bond acceptors (Lipinski definition) is 3. The van der Waals surface area contributed by atoms with Crippen LogP contribution in [0.4, 0.5) is 0 Å². The van der Waals surface area contributed by atoms with Gasteiger partial charge in [-0.05, 0) is 18.2 Å². The van der Waals surface area contributed by atoms with E-state index < -0.39 is 0 Å². The first-order chi connectivity index (χ1) is 6.66. The minimum atomic E-state index is 0.605. The number of benzene rings is 1. The number of rotatable bonds is 2. The molecule has 0 amide bonds. The van der Waals surface area contributed by atoms with Crippen molar-refractivity contribution in [3.63, 3.8) is 0 Å². The monoisotopic (exact) mass is 207 g/mol. The summed E-state index contributed by atoms with van der Waals surface area (Å²) in [7, 11) is 1.92. The van der Waals surface area contributed by atoms with Crippen LogP contribution < -0.4 is 0 Å². The maximum Gasteiger partial charge on any atom is 0.113 e. The summed E-state index contributed by atoms with van der Waals surface area (Å²) in [5, 5.41) is 8.62. The Balaban J connectivity index is 2.44. The lowest BCUT2D eigenvalue weighted by molar-refractivity contribution is 0.736. The maximum absolute atomic E-state index is 4.04. The lowest BCUT2D eigenvalue weighted by Gasteiger charge is -2.04. The van der Waals surface area contributed by atoms with Crippen molar-refractivity contribution in [1.82, 2.24) is 15.0 Å². The van der Waals surface area contributed by atoms with Gasteiger partial charge < -0.3 is 0 Å². The minimum absolute atomic E-state index is 0.605. The van der Waals surface area contributed by atoms with Gasteiger partial charge in [-0.2, -0.15) is 0 Å². The summed E-state index contributed by atoms with van der Waals surface area (Å²) in [4.78, 5) is 1.28. The topological polar surface area (TPSA) is 30.7 Å². The van der Waals surface area contributed by atoms with E-state index in [1.54, 1.807) is 4.68 Å². The van der Waals surface area contributed by atoms with E-state index in [0.29, 0.717) is 5.25 Å². The van der Waals surface area contributed by atoms with Crippen molar-refractivity contribution in [3.05, 3.63) is 18.2 Å². The standard InChI is InChI=1S/C10H13N3S/c1-7(2)14-8-4-5-9-10(6-8)13(3)12-11-9/h4-7H,1-3H3. The Labute approximate surface area is 87.5 Å². The maximum atomic E-state index is 4.04. The van der Waals surface area contributed by atoms with Crippen molar-refractivity contribution in [3.8, 4) is 0 Å². The summed E-state index contributed by atoms with van der Waals surface area (Å²) in [6, 6.07) is 6.26. The van der Waals surface area contributed by atoms with E-state index in [1.807, 2.05) is 24.9 Å². The number of hydrogen-bond donors (Lipinski definition) is 0. The van der Waals surface area contributed by atoms with Crippen molar-refractivity contribution in [1.29, 1.82) is 0 Å². The van der Waals surface area contributed by atoms with Crippen LogP contribution in [0.3, 0.4) is 0 Å². The van der Waals surface area contributed by atoms with Gasteiger partial charge in [-0.15, -0.1) is 16.9 Å². The molecule has 74 valence electrons. The Hall–Kier alpha value is -1.03. The van der Waals surface area contributed by atoms with Gasteiger partial charge in [0.2, 0.25) is 0 Å². The quantitative estimate of drug-likeness (QED) is 0.709. The van der Waals surface area contributed by atoms with Crippen LogP contribution in [0.25, 0.3) is 11.0 Å². The van der Waals surface area contributed by atoms with E-state index in [-0.39, 0.29) is 0 Å². The molecule has 0 radical (unpaired) electrons. The largest absolute Gasteiger partial charge is 0.248 e. The highest BCUT2D eigenvalue weighted by molar-refractivity contribution is 7.99. The van der Waals surface area contributed by atoms with Crippen LogP contribution in [0.15, 0.2) is 23.1 Å². The first kappa shape index (κ1) is 9.52. The molecule has 14 heavy (non-hydrogen) atoms. The van der Waals surface area contributed by atoms with Crippen molar-refractivity contribution < 1.29 is 0 Å². The van der Waals surface area contributed by atoms with E-state index in [9.17, 15) is 0 Å². The van der Waals surface area contributed by atoms with Gasteiger partial charge in [0, 0.05) is 17.2 Å². The molecule has 0 saturated carbocycles. The van der Waals surface area contributed by atoms with Gasteiger partial charge in [0.1, 0.15) is 5.52 Å². The summed E-state index contributed by atoms with van der Waals surface area (Å²) >= 11 is 1.86. The second-order valence-corrected chi connectivity index (χ2v) is 5.18. The fourth-order valence-electron chi connectivity index (χ4n) is 1.36. The molecular formula is C10H13N3S. The van der Waals surface area contributed by atoms with E-state index in [0.717, 1.165) is 11.0 Å². The number of nitrogens with zero attached hydrogens (tertiary/aromatic N) is 3. The molecule has 0 bridgehead atoms. The lowest BCUT2D eigenvalue weighted by atomic mass is 10.3. The van der Waals surface area contributed by atoms with Crippen LogP contribution >= 0.6 is 11.8 Å². The number of aryl methyl sites for hydroxylation is 1. The second kappa shape index (κ2) is 3.61. The zero-order valence-electron chi connectivity index (χ0n) is 8.56. The predicted octanol–water partition coefficient (Wildman–Crippen LogP) is 2.47. The van der Waals surface area contributed by atoms with Gasteiger partial charge in [0.25, 0.3) is 0 Å². The molecular weight excluding hydrogens is 194 g/mol. The molecule has 0 spiro atoms. The summed E-state index contributed by atoms with van der Waals surface area (Å²) in [5.74, 6) is 0. The van der Waals surface area contributed by atoms with Crippen LogP contribution in [0.1, 0.15) is 13.8 Å². The van der Waals surface area contributed by atoms with Crippen LogP contribution in [0.2, 0.25) is 0 Å².